The Labute approximate surface area is 84.2 Å². The first-order valence-corrected chi connectivity index (χ1v) is 4.72. The Bertz CT molecular complexity index is 273. The van der Waals surface area contributed by atoms with Crippen LogP contribution in [0.1, 0.15) is 12.5 Å². The van der Waals surface area contributed by atoms with Crippen molar-refractivity contribution in [2.75, 3.05) is 0 Å². The zero-order valence-electron chi connectivity index (χ0n) is 6.64. The second-order valence-electron chi connectivity index (χ2n) is 2.26. The summed E-state index contributed by atoms with van der Waals surface area (Å²) in [5.41, 5.74) is 3.43. The van der Waals surface area contributed by atoms with Gasteiger partial charge < -0.3 is 0 Å². The molecule has 1 heterocycles. The third-order valence-electron chi connectivity index (χ3n) is 1.51. The molecule has 0 saturated heterocycles. The van der Waals surface area contributed by atoms with E-state index in [1.165, 1.54) is 0 Å². The summed E-state index contributed by atoms with van der Waals surface area (Å²) < 4.78 is 2.66. The number of hydrogen-bond acceptors (Lipinski definition) is 3. The SMILES string of the molecule is CCn1nc(Cl)c(CNN)c1Br. The lowest BCUT2D eigenvalue weighted by Gasteiger charge is -1.98. The van der Waals surface area contributed by atoms with Gasteiger partial charge in [-0.05, 0) is 22.9 Å². The highest BCUT2D eigenvalue weighted by Gasteiger charge is 2.11. The molecule has 0 aliphatic rings. The van der Waals surface area contributed by atoms with E-state index in [0.717, 1.165) is 16.7 Å². The molecule has 12 heavy (non-hydrogen) atoms. The molecule has 0 saturated carbocycles. The quantitative estimate of drug-likeness (QED) is 0.630. The van der Waals surface area contributed by atoms with Crippen molar-refractivity contribution in [1.29, 1.82) is 0 Å². The summed E-state index contributed by atoms with van der Waals surface area (Å²) in [6, 6.07) is 0. The predicted molar refractivity (Wildman–Crippen MR) is 51.6 cm³/mol. The van der Waals surface area contributed by atoms with Gasteiger partial charge >= 0.3 is 0 Å². The third kappa shape index (κ3) is 1.80. The fourth-order valence-electron chi connectivity index (χ4n) is 0.909. The molecule has 0 bridgehead atoms. The van der Waals surface area contributed by atoms with Crippen molar-refractivity contribution < 1.29 is 0 Å². The Hall–Kier alpha value is -0.100. The lowest BCUT2D eigenvalue weighted by Crippen LogP contribution is -2.21. The number of nitrogens with one attached hydrogen (secondary N) is 1. The smallest absolute Gasteiger partial charge is 0.156 e. The van der Waals surface area contributed by atoms with E-state index in [1.54, 1.807) is 4.68 Å². The van der Waals surface area contributed by atoms with Gasteiger partial charge in [0.2, 0.25) is 0 Å². The molecule has 4 nitrogen and oxygen atoms in total. The fraction of sp³-hybridized carbons (Fsp3) is 0.500. The third-order valence-corrected chi connectivity index (χ3v) is 2.70. The van der Waals surface area contributed by atoms with Crippen molar-refractivity contribution in [3.8, 4) is 0 Å². The Morgan fingerprint density at radius 2 is 2.42 bits per heavy atom. The molecule has 0 unspecified atom stereocenters. The van der Waals surface area contributed by atoms with Crippen molar-refractivity contribution in [2.45, 2.75) is 20.0 Å². The van der Waals surface area contributed by atoms with E-state index in [-0.39, 0.29) is 0 Å². The molecule has 0 aliphatic heterocycles. The summed E-state index contributed by atoms with van der Waals surface area (Å²) in [6.45, 7) is 3.29. The summed E-state index contributed by atoms with van der Waals surface area (Å²) >= 11 is 9.23. The number of rotatable bonds is 3. The molecular weight excluding hydrogens is 243 g/mol. The Morgan fingerprint density at radius 1 is 1.75 bits per heavy atom. The number of aromatic nitrogens is 2. The molecular formula is C6H10BrClN4. The molecule has 0 radical (unpaired) electrons. The lowest BCUT2D eigenvalue weighted by atomic mass is 10.4. The summed E-state index contributed by atoms with van der Waals surface area (Å²) in [5.74, 6) is 5.18. The van der Waals surface area contributed by atoms with Crippen molar-refractivity contribution >= 4 is 27.5 Å². The zero-order valence-corrected chi connectivity index (χ0v) is 8.98. The predicted octanol–water partition coefficient (Wildman–Crippen LogP) is 1.28. The Morgan fingerprint density at radius 3 is 2.83 bits per heavy atom. The van der Waals surface area contributed by atoms with Crippen LogP contribution in [-0.2, 0) is 13.1 Å². The molecule has 0 aromatic carbocycles. The summed E-state index contributed by atoms with van der Waals surface area (Å²) in [5, 5.41) is 4.57. The molecule has 1 aromatic rings. The van der Waals surface area contributed by atoms with Crippen LogP contribution >= 0.6 is 27.5 Å². The number of nitrogens with two attached hydrogens (primary N) is 1. The second kappa shape index (κ2) is 4.23. The van der Waals surface area contributed by atoms with Gasteiger partial charge in [-0.15, -0.1) is 0 Å². The first kappa shape index (κ1) is 9.98. The fourth-order valence-corrected chi connectivity index (χ4v) is 1.93. The van der Waals surface area contributed by atoms with Gasteiger partial charge in [0.15, 0.2) is 5.15 Å². The van der Waals surface area contributed by atoms with Crippen LogP contribution in [0.5, 0.6) is 0 Å². The molecule has 3 N–H and O–H groups in total. The van der Waals surface area contributed by atoms with E-state index < -0.39 is 0 Å². The molecule has 1 rings (SSSR count). The molecule has 6 heteroatoms. The minimum absolute atomic E-state index is 0.488. The minimum Gasteiger partial charge on any atom is -0.271 e. The van der Waals surface area contributed by atoms with Crippen molar-refractivity contribution in [3.05, 3.63) is 15.3 Å². The van der Waals surface area contributed by atoms with Gasteiger partial charge in [0.1, 0.15) is 4.60 Å². The maximum Gasteiger partial charge on any atom is 0.156 e. The van der Waals surface area contributed by atoms with E-state index in [0.29, 0.717) is 11.7 Å². The van der Waals surface area contributed by atoms with Gasteiger partial charge in [0, 0.05) is 18.7 Å². The number of halogens is 2. The highest BCUT2D eigenvalue weighted by Crippen LogP contribution is 2.23. The number of hydrogen-bond donors (Lipinski definition) is 2. The van der Waals surface area contributed by atoms with Crippen LogP contribution in [0.4, 0.5) is 0 Å². The van der Waals surface area contributed by atoms with E-state index >= 15 is 0 Å². The first-order chi connectivity index (χ1) is 5.70. The Balaban J connectivity index is 3.01. The maximum absolute atomic E-state index is 5.85. The Kier molecular flexibility index (Phi) is 3.52. The van der Waals surface area contributed by atoms with E-state index in [2.05, 4.69) is 26.5 Å². The summed E-state index contributed by atoms with van der Waals surface area (Å²) in [7, 11) is 0. The van der Waals surface area contributed by atoms with Crippen LogP contribution in [0.2, 0.25) is 5.15 Å². The zero-order chi connectivity index (χ0) is 9.14. The lowest BCUT2D eigenvalue weighted by molar-refractivity contribution is 0.642. The number of hydrazine groups is 1. The van der Waals surface area contributed by atoms with E-state index in [1.807, 2.05) is 6.92 Å². The van der Waals surface area contributed by atoms with E-state index in [9.17, 15) is 0 Å². The van der Waals surface area contributed by atoms with Crippen LogP contribution in [-0.4, -0.2) is 9.78 Å². The molecule has 0 spiro atoms. The van der Waals surface area contributed by atoms with Gasteiger partial charge in [-0.1, -0.05) is 11.6 Å². The van der Waals surface area contributed by atoms with Crippen LogP contribution in [0.25, 0.3) is 0 Å². The van der Waals surface area contributed by atoms with Crippen molar-refractivity contribution in [3.63, 3.8) is 0 Å². The number of aryl methyl sites for hydroxylation is 1. The van der Waals surface area contributed by atoms with Gasteiger partial charge in [-0.2, -0.15) is 5.10 Å². The van der Waals surface area contributed by atoms with Crippen molar-refractivity contribution in [2.24, 2.45) is 5.84 Å². The summed E-state index contributed by atoms with van der Waals surface area (Å²) in [6.07, 6.45) is 0. The summed E-state index contributed by atoms with van der Waals surface area (Å²) in [4.78, 5) is 0. The normalized spacial score (nSPS) is 10.7. The van der Waals surface area contributed by atoms with Crippen LogP contribution < -0.4 is 11.3 Å². The van der Waals surface area contributed by atoms with Gasteiger partial charge in [-0.25, -0.2) is 0 Å². The number of nitrogens with zero attached hydrogens (tertiary/aromatic N) is 2. The first-order valence-electron chi connectivity index (χ1n) is 3.54. The average Bonchev–Trinajstić information content (AvgIpc) is 2.32. The molecule has 68 valence electrons. The minimum atomic E-state index is 0.488. The molecule has 0 amide bonds. The topological polar surface area (TPSA) is 55.9 Å². The largest absolute Gasteiger partial charge is 0.271 e. The second-order valence-corrected chi connectivity index (χ2v) is 3.37. The van der Waals surface area contributed by atoms with Crippen LogP contribution in [0, 0.1) is 0 Å². The molecule has 1 aromatic heterocycles. The maximum atomic E-state index is 5.85. The average molecular weight is 254 g/mol. The molecule has 0 fully saturated rings. The highest BCUT2D eigenvalue weighted by atomic mass is 79.9. The van der Waals surface area contributed by atoms with Crippen LogP contribution in [0.3, 0.4) is 0 Å². The monoisotopic (exact) mass is 252 g/mol. The van der Waals surface area contributed by atoms with Gasteiger partial charge in [-0.3, -0.25) is 16.0 Å². The van der Waals surface area contributed by atoms with Crippen LogP contribution in [0.15, 0.2) is 4.60 Å². The van der Waals surface area contributed by atoms with Gasteiger partial charge in [0.25, 0.3) is 0 Å². The highest BCUT2D eigenvalue weighted by molar-refractivity contribution is 9.10. The van der Waals surface area contributed by atoms with Crippen molar-refractivity contribution in [1.82, 2.24) is 15.2 Å². The van der Waals surface area contributed by atoms with E-state index in [4.69, 9.17) is 17.4 Å². The van der Waals surface area contributed by atoms with Gasteiger partial charge in [0.05, 0.1) is 0 Å². The standard InChI is InChI=1S/C6H10BrClN4/c1-2-12-5(7)4(3-10-9)6(8)11-12/h10H,2-3,9H2,1H3. The molecule has 0 aliphatic carbocycles. The molecule has 0 atom stereocenters.